The van der Waals surface area contributed by atoms with Crippen molar-refractivity contribution in [1.82, 2.24) is 0 Å². The summed E-state index contributed by atoms with van der Waals surface area (Å²) in [6.07, 6.45) is -5.03. The van der Waals surface area contributed by atoms with E-state index in [1.807, 2.05) is 0 Å². The Kier molecular flexibility index (Phi) is 2.77. The Labute approximate surface area is 76.5 Å². The largest absolute Gasteiger partial charge is 0.393 e. The summed E-state index contributed by atoms with van der Waals surface area (Å²) in [4.78, 5) is 0. The maximum absolute atomic E-state index is 11.8. The predicted molar refractivity (Wildman–Crippen MR) is 42.7 cm³/mol. The van der Waals surface area contributed by atoms with E-state index in [4.69, 9.17) is 0 Å². The van der Waals surface area contributed by atoms with E-state index in [9.17, 15) is 13.2 Å². The highest BCUT2D eigenvalue weighted by Gasteiger charge is 2.27. The van der Waals surface area contributed by atoms with E-state index >= 15 is 0 Å². The molecular formula is C8H5BrF3. The molecule has 1 aromatic rings. The van der Waals surface area contributed by atoms with Gasteiger partial charge in [0.1, 0.15) is 0 Å². The fraction of sp³-hybridized carbons (Fsp3) is 0.250. The van der Waals surface area contributed by atoms with Crippen molar-refractivity contribution in [3.8, 4) is 0 Å². The molecule has 0 aliphatic carbocycles. The highest BCUT2D eigenvalue weighted by molar-refractivity contribution is 9.10. The third-order valence-electron chi connectivity index (χ3n) is 1.24. The third kappa shape index (κ3) is 3.26. The Morgan fingerprint density at radius 2 is 2.00 bits per heavy atom. The van der Waals surface area contributed by atoms with Crippen molar-refractivity contribution >= 4 is 15.9 Å². The summed E-state index contributed by atoms with van der Waals surface area (Å²) in [6.45, 7) is 0. The monoisotopic (exact) mass is 237 g/mol. The first-order valence-electron chi connectivity index (χ1n) is 3.20. The Balaban J connectivity index is 2.71. The van der Waals surface area contributed by atoms with E-state index in [-0.39, 0.29) is 5.56 Å². The van der Waals surface area contributed by atoms with Crippen LogP contribution in [0.2, 0.25) is 0 Å². The summed E-state index contributed by atoms with van der Waals surface area (Å²) in [5.74, 6) is 0. The lowest BCUT2D eigenvalue weighted by atomic mass is 10.1. The molecule has 4 heteroatoms. The maximum Gasteiger partial charge on any atom is 0.393 e. The van der Waals surface area contributed by atoms with Crippen LogP contribution in [0.5, 0.6) is 0 Å². The standard InChI is InChI=1S/C8H5BrF3/c9-7-3-1-6(2-4-7)5-8(10,11)12/h1-3H,5H2. The zero-order valence-electron chi connectivity index (χ0n) is 5.95. The molecule has 0 unspecified atom stereocenters. The minimum Gasteiger partial charge on any atom is -0.171 e. The second-order valence-electron chi connectivity index (χ2n) is 2.34. The van der Waals surface area contributed by atoms with Crippen molar-refractivity contribution in [1.29, 1.82) is 0 Å². The van der Waals surface area contributed by atoms with Gasteiger partial charge in [-0.15, -0.1) is 0 Å². The lowest BCUT2D eigenvalue weighted by Crippen LogP contribution is -2.11. The summed E-state index contributed by atoms with van der Waals surface area (Å²) >= 11 is 3.09. The van der Waals surface area contributed by atoms with Gasteiger partial charge < -0.3 is 0 Å². The van der Waals surface area contributed by atoms with Gasteiger partial charge in [0.25, 0.3) is 0 Å². The molecule has 0 nitrogen and oxygen atoms in total. The zero-order valence-corrected chi connectivity index (χ0v) is 7.54. The number of rotatable bonds is 1. The molecule has 0 heterocycles. The topological polar surface area (TPSA) is 0 Å². The lowest BCUT2D eigenvalue weighted by molar-refractivity contribution is -0.127. The predicted octanol–water partition coefficient (Wildman–Crippen LogP) is 3.35. The van der Waals surface area contributed by atoms with Crippen LogP contribution in [0.4, 0.5) is 13.2 Å². The Morgan fingerprint density at radius 1 is 1.33 bits per heavy atom. The first-order valence-corrected chi connectivity index (χ1v) is 3.99. The SMILES string of the molecule is FC(F)(F)Cc1c[c]c(Br)cc1. The molecule has 0 aliphatic heterocycles. The van der Waals surface area contributed by atoms with Gasteiger partial charge >= 0.3 is 6.18 Å². The third-order valence-corrected chi connectivity index (χ3v) is 1.74. The average molecular weight is 238 g/mol. The van der Waals surface area contributed by atoms with Crippen LogP contribution in [0.15, 0.2) is 22.7 Å². The van der Waals surface area contributed by atoms with Crippen molar-refractivity contribution in [2.75, 3.05) is 0 Å². The van der Waals surface area contributed by atoms with Gasteiger partial charge in [-0.3, -0.25) is 0 Å². The smallest absolute Gasteiger partial charge is 0.171 e. The number of halogens is 4. The molecule has 0 aliphatic rings. The minimum atomic E-state index is -4.14. The molecule has 1 rings (SSSR count). The van der Waals surface area contributed by atoms with Gasteiger partial charge in [-0.1, -0.05) is 22.0 Å². The van der Waals surface area contributed by atoms with Gasteiger partial charge in [-0.2, -0.15) is 13.2 Å². The van der Waals surface area contributed by atoms with Gasteiger partial charge in [0.05, 0.1) is 6.42 Å². The van der Waals surface area contributed by atoms with E-state index < -0.39 is 12.6 Å². The van der Waals surface area contributed by atoms with Crippen LogP contribution >= 0.6 is 15.9 Å². The second kappa shape index (κ2) is 3.47. The van der Waals surface area contributed by atoms with Crippen LogP contribution in [0, 0.1) is 6.07 Å². The van der Waals surface area contributed by atoms with Crippen LogP contribution in [-0.2, 0) is 6.42 Å². The number of alkyl halides is 3. The van der Waals surface area contributed by atoms with Crippen LogP contribution in [0.25, 0.3) is 0 Å². The van der Waals surface area contributed by atoms with E-state index in [0.717, 1.165) is 0 Å². The lowest BCUT2D eigenvalue weighted by Gasteiger charge is -2.05. The first kappa shape index (κ1) is 9.58. The molecule has 0 saturated carbocycles. The summed E-state index contributed by atoms with van der Waals surface area (Å²) in [7, 11) is 0. The van der Waals surface area contributed by atoms with Crippen LogP contribution in [0.1, 0.15) is 5.56 Å². The number of hydrogen-bond acceptors (Lipinski definition) is 0. The fourth-order valence-electron chi connectivity index (χ4n) is 0.779. The van der Waals surface area contributed by atoms with Crippen molar-refractivity contribution in [3.63, 3.8) is 0 Å². The molecule has 0 N–H and O–H groups in total. The van der Waals surface area contributed by atoms with Gasteiger partial charge in [-0.05, 0) is 23.8 Å². The van der Waals surface area contributed by atoms with E-state index in [1.54, 1.807) is 6.07 Å². The fourth-order valence-corrected chi connectivity index (χ4v) is 1.03. The second-order valence-corrected chi connectivity index (χ2v) is 3.19. The van der Waals surface area contributed by atoms with Crippen molar-refractivity contribution < 1.29 is 13.2 Å². The van der Waals surface area contributed by atoms with E-state index in [0.29, 0.717) is 4.47 Å². The van der Waals surface area contributed by atoms with Crippen LogP contribution in [-0.4, -0.2) is 6.18 Å². The molecule has 0 bridgehead atoms. The van der Waals surface area contributed by atoms with Crippen molar-refractivity contribution in [2.24, 2.45) is 0 Å². The zero-order chi connectivity index (χ0) is 9.19. The summed E-state index contributed by atoms with van der Waals surface area (Å²) in [5.41, 5.74) is 0.228. The van der Waals surface area contributed by atoms with Crippen LogP contribution in [0.3, 0.4) is 0 Å². The first-order chi connectivity index (χ1) is 5.47. The van der Waals surface area contributed by atoms with Gasteiger partial charge in [-0.25, -0.2) is 0 Å². The molecule has 0 atom stereocenters. The molecule has 12 heavy (non-hydrogen) atoms. The van der Waals surface area contributed by atoms with E-state index in [2.05, 4.69) is 22.0 Å². The Bertz CT molecular complexity index is 250. The summed E-state index contributed by atoms with van der Waals surface area (Å²) in [6, 6.07) is 6.94. The minimum absolute atomic E-state index is 0.228. The average Bonchev–Trinajstić information content (AvgIpc) is 1.91. The van der Waals surface area contributed by atoms with Gasteiger partial charge in [0.2, 0.25) is 0 Å². The molecule has 0 saturated heterocycles. The Morgan fingerprint density at radius 3 is 2.42 bits per heavy atom. The molecule has 0 amide bonds. The summed E-state index contributed by atoms with van der Waals surface area (Å²) in [5, 5.41) is 0. The molecule has 0 fully saturated rings. The molecule has 65 valence electrons. The van der Waals surface area contributed by atoms with Crippen molar-refractivity contribution in [2.45, 2.75) is 12.6 Å². The highest BCUT2D eigenvalue weighted by atomic mass is 79.9. The van der Waals surface area contributed by atoms with Gasteiger partial charge in [0.15, 0.2) is 0 Å². The van der Waals surface area contributed by atoms with Crippen molar-refractivity contribution in [3.05, 3.63) is 34.3 Å². The quantitative estimate of drug-likeness (QED) is 0.703. The molecular weight excluding hydrogens is 233 g/mol. The highest BCUT2D eigenvalue weighted by Crippen LogP contribution is 2.21. The molecule has 0 spiro atoms. The number of hydrogen-bond donors (Lipinski definition) is 0. The molecule has 1 aromatic carbocycles. The van der Waals surface area contributed by atoms with E-state index in [1.165, 1.54) is 12.1 Å². The Hall–Kier alpha value is -0.510. The normalized spacial score (nSPS) is 11.7. The number of benzene rings is 1. The maximum atomic E-state index is 11.8. The molecule has 0 aromatic heterocycles. The molecule has 1 radical (unpaired) electrons. The van der Waals surface area contributed by atoms with Crippen LogP contribution < -0.4 is 0 Å². The summed E-state index contributed by atoms with van der Waals surface area (Å²) < 4.78 is 36.1. The van der Waals surface area contributed by atoms with Gasteiger partial charge in [0, 0.05) is 4.47 Å².